The van der Waals surface area contributed by atoms with Gasteiger partial charge in [0.05, 0.1) is 11.5 Å². The summed E-state index contributed by atoms with van der Waals surface area (Å²) in [5.74, 6) is 2.01. The zero-order valence-electron chi connectivity index (χ0n) is 13.9. The first-order valence-electron chi connectivity index (χ1n) is 8.08. The number of hydrogen-bond acceptors (Lipinski definition) is 6. The SMILES string of the molecule is CC(C)c1ccc(Nc2nccc(NC3CCS(=O)(=O)C3)n2)cc1. The van der Waals surface area contributed by atoms with Crippen LogP contribution in [0.15, 0.2) is 36.5 Å². The van der Waals surface area contributed by atoms with Gasteiger partial charge in [-0.2, -0.15) is 4.98 Å². The summed E-state index contributed by atoms with van der Waals surface area (Å²) in [4.78, 5) is 8.62. The zero-order chi connectivity index (χ0) is 17.2. The van der Waals surface area contributed by atoms with Crippen LogP contribution in [0.4, 0.5) is 17.5 Å². The number of nitrogens with zero attached hydrogens (tertiary/aromatic N) is 2. The lowest BCUT2D eigenvalue weighted by Crippen LogP contribution is -2.21. The topological polar surface area (TPSA) is 84.0 Å². The molecule has 0 radical (unpaired) electrons. The van der Waals surface area contributed by atoms with Crippen molar-refractivity contribution >= 4 is 27.3 Å². The molecule has 1 aliphatic rings. The third-order valence-corrected chi connectivity index (χ3v) is 5.84. The van der Waals surface area contributed by atoms with E-state index in [9.17, 15) is 8.42 Å². The van der Waals surface area contributed by atoms with E-state index in [0.717, 1.165) is 5.69 Å². The molecule has 0 amide bonds. The van der Waals surface area contributed by atoms with E-state index in [1.807, 2.05) is 12.1 Å². The van der Waals surface area contributed by atoms with E-state index in [4.69, 9.17) is 0 Å². The number of rotatable bonds is 5. The fourth-order valence-electron chi connectivity index (χ4n) is 2.70. The standard InChI is InChI=1S/C17H22N4O2S/c1-12(2)13-3-5-14(6-4-13)20-17-18-9-7-16(21-17)19-15-8-10-24(22,23)11-15/h3-7,9,12,15H,8,10-11H2,1-2H3,(H2,18,19,20,21). The van der Waals surface area contributed by atoms with E-state index >= 15 is 0 Å². The first-order valence-corrected chi connectivity index (χ1v) is 9.90. The minimum Gasteiger partial charge on any atom is -0.366 e. The highest BCUT2D eigenvalue weighted by Gasteiger charge is 2.27. The molecule has 1 fully saturated rings. The first kappa shape index (κ1) is 16.7. The Kier molecular flexibility index (Phi) is 4.71. The third kappa shape index (κ3) is 4.23. The van der Waals surface area contributed by atoms with Crippen LogP contribution in [-0.4, -0.2) is 35.9 Å². The van der Waals surface area contributed by atoms with Crippen molar-refractivity contribution in [3.05, 3.63) is 42.1 Å². The largest absolute Gasteiger partial charge is 0.366 e. The average Bonchev–Trinajstić information content (AvgIpc) is 2.87. The number of aromatic nitrogens is 2. The van der Waals surface area contributed by atoms with Crippen LogP contribution in [0.2, 0.25) is 0 Å². The summed E-state index contributed by atoms with van der Waals surface area (Å²) in [6.07, 6.45) is 2.27. The molecule has 2 N–H and O–H groups in total. The molecule has 24 heavy (non-hydrogen) atoms. The van der Waals surface area contributed by atoms with Gasteiger partial charge in [0.1, 0.15) is 5.82 Å². The van der Waals surface area contributed by atoms with Gasteiger partial charge >= 0.3 is 0 Å². The third-order valence-electron chi connectivity index (χ3n) is 4.07. The first-order chi connectivity index (χ1) is 11.4. The average molecular weight is 346 g/mol. The quantitative estimate of drug-likeness (QED) is 0.866. The van der Waals surface area contributed by atoms with Crippen LogP contribution in [0.5, 0.6) is 0 Å². The van der Waals surface area contributed by atoms with E-state index < -0.39 is 9.84 Å². The maximum Gasteiger partial charge on any atom is 0.229 e. The Labute approximate surface area is 142 Å². The Hall–Kier alpha value is -2.15. The summed E-state index contributed by atoms with van der Waals surface area (Å²) >= 11 is 0. The summed E-state index contributed by atoms with van der Waals surface area (Å²) in [5, 5.41) is 6.35. The molecule has 0 spiro atoms. The van der Waals surface area contributed by atoms with Gasteiger partial charge in [-0.1, -0.05) is 26.0 Å². The summed E-state index contributed by atoms with van der Waals surface area (Å²) in [6, 6.07) is 9.84. The van der Waals surface area contributed by atoms with Crippen LogP contribution in [0.3, 0.4) is 0 Å². The molecular weight excluding hydrogens is 324 g/mol. The summed E-state index contributed by atoms with van der Waals surface area (Å²) in [6.45, 7) is 4.31. The van der Waals surface area contributed by atoms with Crippen LogP contribution >= 0.6 is 0 Å². The number of sulfone groups is 1. The Bertz CT molecular complexity index is 804. The van der Waals surface area contributed by atoms with E-state index in [0.29, 0.717) is 24.1 Å². The van der Waals surface area contributed by atoms with Crippen molar-refractivity contribution in [1.82, 2.24) is 9.97 Å². The second-order valence-corrected chi connectivity index (χ2v) is 8.64. The van der Waals surface area contributed by atoms with Gasteiger partial charge in [-0.05, 0) is 36.1 Å². The van der Waals surface area contributed by atoms with Crippen molar-refractivity contribution in [1.29, 1.82) is 0 Å². The number of anilines is 3. The summed E-state index contributed by atoms with van der Waals surface area (Å²) in [7, 11) is -2.91. The zero-order valence-corrected chi connectivity index (χ0v) is 14.7. The van der Waals surface area contributed by atoms with Crippen molar-refractivity contribution < 1.29 is 8.42 Å². The van der Waals surface area contributed by atoms with Gasteiger partial charge in [0, 0.05) is 17.9 Å². The fraction of sp³-hybridized carbons (Fsp3) is 0.412. The minimum absolute atomic E-state index is 0.0805. The highest BCUT2D eigenvalue weighted by Crippen LogP contribution is 2.20. The molecule has 1 saturated heterocycles. The van der Waals surface area contributed by atoms with Crippen LogP contribution in [0.25, 0.3) is 0 Å². The van der Waals surface area contributed by atoms with Crippen LogP contribution in [-0.2, 0) is 9.84 Å². The van der Waals surface area contributed by atoms with Gasteiger partial charge in [0.2, 0.25) is 5.95 Å². The Morgan fingerprint density at radius 2 is 1.92 bits per heavy atom. The number of benzene rings is 1. The van der Waals surface area contributed by atoms with Crippen LogP contribution < -0.4 is 10.6 Å². The second-order valence-electron chi connectivity index (χ2n) is 6.41. The van der Waals surface area contributed by atoms with Gasteiger partial charge in [-0.3, -0.25) is 0 Å². The smallest absolute Gasteiger partial charge is 0.229 e. The molecular formula is C17H22N4O2S. The molecule has 1 aromatic carbocycles. The van der Waals surface area contributed by atoms with Crippen molar-refractivity contribution in [2.75, 3.05) is 22.1 Å². The highest BCUT2D eigenvalue weighted by molar-refractivity contribution is 7.91. The van der Waals surface area contributed by atoms with E-state index in [-0.39, 0.29) is 17.5 Å². The summed E-state index contributed by atoms with van der Waals surface area (Å²) < 4.78 is 23.1. The normalized spacial score (nSPS) is 19.4. The van der Waals surface area contributed by atoms with Gasteiger partial charge in [-0.25, -0.2) is 13.4 Å². The predicted octanol–water partition coefficient (Wildman–Crippen LogP) is 2.94. The predicted molar refractivity (Wildman–Crippen MR) is 96.5 cm³/mol. The van der Waals surface area contributed by atoms with E-state index in [2.05, 4.69) is 46.6 Å². The van der Waals surface area contributed by atoms with Crippen molar-refractivity contribution in [2.45, 2.75) is 32.2 Å². The molecule has 1 unspecified atom stereocenters. The molecule has 2 heterocycles. The second kappa shape index (κ2) is 6.76. The van der Waals surface area contributed by atoms with Gasteiger partial charge < -0.3 is 10.6 Å². The van der Waals surface area contributed by atoms with Crippen molar-refractivity contribution in [3.63, 3.8) is 0 Å². The van der Waals surface area contributed by atoms with Crippen LogP contribution in [0, 0.1) is 0 Å². The molecule has 3 rings (SSSR count). The molecule has 7 heteroatoms. The molecule has 128 valence electrons. The monoisotopic (exact) mass is 346 g/mol. The van der Waals surface area contributed by atoms with E-state index in [1.165, 1.54) is 5.56 Å². The maximum absolute atomic E-state index is 11.5. The Morgan fingerprint density at radius 1 is 1.17 bits per heavy atom. The molecule has 6 nitrogen and oxygen atoms in total. The lowest BCUT2D eigenvalue weighted by molar-refractivity contribution is 0.602. The van der Waals surface area contributed by atoms with Crippen LogP contribution in [0.1, 0.15) is 31.7 Å². The highest BCUT2D eigenvalue weighted by atomic mass is 32.2. The molecule has 1 aromatic heterocycles. The molecule has 0 bridgehead atoms. The van der Waals surface area contributed by atoms with Crippen molar-refractivity contribution in [3.8, 4) is 0 Å². The summed E-state index contributed by atoms with van der Waals surface area (Å²) in [5.41, 5.74) is 2.19. The molecule has 1 atom stereocenters. The number of nitrogens with one attached hydrogen (secondary N) is 2. The molecule has 0 saturated carbocycles. The fourth-order valence-corrected chi connectivity index (χ4v) is 4.37. The molecule has 0 aliphatic carbocycles. The van der Waals surface area contributed by atoms with Gasteiger partial charge in [0.15, 0.2) is 9.84 Å². The van der Waals surface area contributed by atoms with Gasteiger partial charge in [-0.15, -0.1) is 0 Å². The number of hydrogen-bond donors (Lipinski definition) is 2. The van der Waals surface area contributed by atoms with Crippen molar-refractivity contribution in [2.24, 2.45) is 0 Å². The lowest BCUT2D eigenvalue weighted by atomic mass is 10.0. The molecule has 1 aliphatic heterocycles. The Balaban J connectivity index is 1.67. The molecule has 2 aromatic rings. The van der Waals surface area contributed by atoms with E-state index in [1.54, 1.807) is 12.3 Å². The Morgan fingerprint density at radius 3 is 2.54 bits per heavy atom. The maximum atomic E-state index is 11.5. The minimum atomic E-state index is -2.91. The van der Waals surface area contributed by atoms with Gasteiger partial charge in [0.25, 0.3) is 0 Å². The lowest BCUT2D eigenvalue weighted by Gasteiger charge is -2.13.